The minimum Gasteiger partial charge on any atom is -0.505 e. The molecule has 0 aliphatic heterocycles. The molecule has 1 aromatic heterocycles. The van der Waals surface area contributed by atoms with Crippen molar-refractivity contribution in [2.24, 2.45) is 5.92 Å². The molecule has 1 atom stereocenters. The molecule has 2 aromatic carbocycles. The fourth-order valence-corrected chi connectivity index (χ4v) is 3.11. The minimum atomic E-state index is -5.08. The van der Waals surface area contributed by atoms with E-state index in [9.17, 15) is 23.1 Å². The Labute approximate surface area is 194 Å². The Balaban J connectivity index is 0.000000509. The lowest BCUT2D eigenvalue weighted by molar-refractivity contribution is -0.192. The van der Waals surface area contributed by atoms with Crippen molar-refractivity contribution in [3.8, 4) is 11.5 Å². The third-order valence-corrected chi connectivity index (χ3v) is 4.68. The van der Waals surface area contributed by atoms with Crippen LogP contribution in [0.4, 0.5) is 13.2 Å². The number of carboxylic acid groups (broad SMARTS) is 1. The number of aromatic hydroxyl groups is 1. The molecule has 34 heavy (non-hydrogen) atoms. The van der Waals surface area contributed by atoms with E-state index in [0.717, 1.165) is 16.7 Å². The fourth-order valence-electron chi connectivity index (χ4n) is 3.11. The van der Waals surface area contributed by atoms with Crippen LogP contribution in [0, 0.1) is 5.92 Å². The van der Waals surface area contributed by atoms with E-state index >= 15 is 0 Å². The van der Waals surface area contributed by atoms with Gasteiger partial charge in [0.15, 0.2) is 0 Å². The van der Waals surface area contributed by atoms with Gasteiger partial charge in [-0.25, -0.2) is 4.79 Å². The Bertz CT molecular complexity index is 1130. The highest BCUT2D eigenvalue weighted by atomic mass is 19.4. The van der Waals surface area contributed by atoms with Crippen LogP contribution in [0.5, 0.6) is 11.5 Å². The molecule has 1 unspecified atom stereocenters. The van der Waals surface area contributed by atoms with Crippen molar-refractivity contribution in [2.45, 2.75) is 32.5 Å². The quantitative estimate of drug-likeness (QED) is 0.468. The van der Waals surface area contributed by atoms with Crippen LogP contribution < -0.4 is 10.1 Å². The Hall–Kier alpha value is -3.82. The molecule has 3 aromatic rings. The number of fused-ring (bicyclic) bond motifs is 1. The number of halogens is 3. The van der Waals surface area contributed by atoms with Crippen LogP contribution in [-0.4, -0.2) is 40.4 Å². The lowest BCUT2D eigenvalue weighted by Crippen LogP contribution is -2.30. The highest BCUT2D eigenvalue weighted by molar-refractivity contribution is 5.86. The monoisotopic (exact) mass is 478 g/mol. The van der Waals surface area contributed by atoms with Gasteiger partial charge in [-0.05, 0) is 29.7 Å². The van der Waals surface area contributed by atoms with Crippen molar-refractivity contribution in [1.82, 2.24) is 10.3 Å². The second-order valence-corrected chi connectivity index (χ2v) is 7.75. The molecule has 7 nitrogen and oxygen atoms in total. The molecule has 0 saturated heterocycles. The number of aromatic nitrogens is 1. The van der Waals surface area contributed by atoms with E-state index in [-0.39, 0.29) is 17.6 Å². The number of benzene rings is 2. The molecule has 0 aliphatic carbocycles. The second-order valence-electron chi connectivity index (χ2n) is 7.75. The zero-order valence-electron chi connectivity index (χ0n) is 18.8. The lowest BCUT2D eigenvalue weighted by Gasteiger charge is -2.22. The molecule has 0 fully saturated rings. The number of hydrogen-bond acceptors (Lipinski definition) is 5. The number of aliphatic carboxylic acids is 1. The van der Waals surface area contributed by atoms with Gasteiger partial charge < -0.3 is 20.3 Å². The standard InChI is InChI=1S/C22H24N2O3.C2HF3O2/c1-14(2)13-19(25)24-20(16-6-9-17(27-3)10-7-16)18-11-8-15-5-4-12-23-21(15)22(18)26;3-2(4,5)1(6)7/h4-12,14,20,26H,13H2,1-3H3,(H,24,25);(H,6,7). The number of phenols is 1. The Kier molecular flexibility index (Phi) is 8.83. The number of carbonyl (C=O) groups excluding carboxylic acids is 1. The molecule has 182 valence electrons. The summed E-state index contributed by atoms with van der Waals surface area (Å²) in [4.78, 5) is 25.7. The Morgan fingerprint density at radius 2 is 1.71 bits per heavy atom. The molecule has 10 heteroatoms. The van der Waals surface area contributed by atoms with Crippen molar-refractivity contribution in [3.05, 3.63) is 65.9 Å². The van der Waals surface area contributed by atoms with E-state index in [1.165, 1.54) is 0 Å². The van der Waals surface area contributed by atoms with Gasteiger partial charge in [-0.3, -0.25) is 9.78 Å². The average Bonchev–Trinajstić information content (AvgIpc) is 2.78. The molecule has 3 N–H and O–H groups in total. The predicted molar refractivity (Wildman–Crippen MR) is 120 cm³/mol. The summed E-state index contributed by atoms with van der Waals surface area (Å²) in [5.41, 5.74) is 1.99. The summed E-state index contributed by atoms with van der Waals surface area (Å²) in [6, 6.07) is 14.4. The molecule has 0 bridgehead atoms. The summed E-state index contributed by atoms with van der Waals surface area (Å²) in [6.45, 7) is 4.00. The van der Waals surface area contributed by atoms with Crippen molar-refractivity contribution in [2.75, 3.05) is 7.11 Å². The summed E-state index contributed by atoms with van der Waals surface area (Å²) in [5.74, 6) is -1.76. The first-order valence-corrected chi connectivity index (χ1v) is 10.2. The van der Waals surface area contributed by atoms with E-state index < -0.39 is 18.2 Å². The summed E-state index contributed by atoms with van der Waals surface area (Å²) >= 11 is 0. The zero-order chi connectivity index (χ0) is 25.5. The smallest absolute Gasteiger partial charge is 0.490 e. The molecule has 0 saturated carbocycles. The molecule has 0 spiro atoms. The van der Waals surface area contributed by atoms with Gasteiger partial charge in [0, 0.05) is 23.6 Å². The summed E-state index contributed by atoms with van der Waals surface area (Å²) < 4.78 is 37.0. The van der Waals surface area contributed by atoms with Crippen LogP contribution in [-0.2, 0) is 9.59 Å². The summed E-state index contributed by atoms with van der Waals surface area (Å²) in [7, 11) is 1.61. The van der Waals surface area contributed by atoms with E-state index in [1.54, 1.807) is 13.3 Å². The average molecular weight is 478 g/mol. The maximum Gasteiger partial charge on any atom is 0.490 e. The van der Waals surface area contributed by atoms with Gasteiger partial charge in [-0.15, -0.1) is 0 Å². The molecule has 0 aliphatic rings. The van der Waals surface area contributed by atoms with Crippen LogP contribution in [0.15, 0.2) is 54.7 Å². The van der Waals surface area contributed by atoms with Gasteiger partial charge in [0.2, 0.25) is 5.91 Å². The molecule has 1 amide bonds. The van der Waals surface area contributed by atoms with E-state index in [0.29, 0.717) is 17.5 Å². The molecular weight excluding hydrogens is 453 g/mol. The van der Waals surface area contributed by atoms with Gasteiger partial charge in [0.05, 0.1) is 13.2 Å². The summed E-state index contributed by atoms with van der Waals surface area (Å²) in [5, 5.41) is 21.9. The minimum absolute atomic E-state index is 0.0636. The number of methoxy groups -OCH3 is 1. The predicted octanol–water partition coefficient (Wildman–Crippen LogP) is 4.83. The van der Waals surface area contributed by atoms with Gasteiger partial charge in [-0.1, -0.05) is 44.2 Å². The Morgan fingerprint density at radius 3 is 2.24 bits per heavy atom. The van der Waals surface area contributed by atoms with Crippen LogP contribution in [0.3, 0.4) is 0 Å². The zero-order valence-corrected chi connectivity index (χ0v) is 18.8. The lowest BCUT2D eigenvalue weighted by atomic mass is 9.95. The molecule has 0 radical (unpaired) electrons. The number of pyridine rings is 1. The summed E-state index contributed by atoms with van der Waals surface area (Å²) in [6.07, 6.45) is -3.02. The normalized spacial score (nSPS) is 12.0. The van der Waals surface area contributed by atoms with Crippen molar-refractivity contribution in [3.63, 3.8) is 0 Å². The number of ether oxygens (including phenoxy) is 1. The number of carboxylic acids is 1. The molecular formula is C24H25F3N2O5. The first kappa shape index (κ1) is 26.4. The van der Waals surface area contributed by atoms with Gasteiger partial charge in [0.1, 0.15) is 17.0 Å². The van der Waals surface area contributed by atoms with E-state index in [4.69, 9.17) is 14.6 Å². The first-order valence-electron chi connectivity index (χ1n) is 10.2. The largest absolute Gasteiger partial charge is 0.505 e. The van der Waals surface area contributed by atoms with Gasteiger partial charge in [0.25, 0.3) is 0 Å². The number of carbonyl (C=O) groups is 2. The second kappa shape index (κ2) is 11.4. The number of rotatable bonds is 6. The van der Waals surface area contributed by atoms with E-state index in [1.807, 2.05) is 62.4 Å². The van der Waals surface area contributed by atoms with Crippen LogP contribution in [0.25, 0.3) is 10.9 Å². The number of hydrogen-bond donors (Lipinski definition) is 3. The third-order valence-electron chi connectivity index (χ3n) is 4.68. The van der Waals surface area contributed by atoms with Crippen LogP contribution in [0.1, 0.15) is 37.4 Å². The SMILES string of the molecule is COc1ccc(C(NC(=O)CC(C)C)c2ccc3cccnc3c2O)cc1.O=C(O)C(F)(F)F. The van der Waals surface area contributed by atoms with Crippen LogP contribution in [0.2, 0.25) is 0 Å². The maximum atomic E-state index is 12.5. The van der Waals surface area contributed by atoms with Crippen molar-refractivity contribution < 1.29 is 37.7 Å². The van der Waals surface area contributed by atoms with Crippen molar-refractivity contribution in [1.29, 1.82) is 0 Å². The number of nitrogens with one attached hydrogen (secondary N) is 1. The number of nitrogens with zero attached hydrogens (tertiary/aromatic N) is 1. The number of phenolic OH excluding ortho intramolecular Hbond substituents is 1. The molecule has 1 heterocycles. The topological polar surface area (TPSA) is 109 Å². The first-order chi connectivity index (χ1) is 15.9. The van der Waals surface area contributed by atoms with Gasteiger partial charge >= 0.3 is 12.1 Å². The number of amides is 1. The fraction of sp³-hybridized carbons (Fsp3) is 0.292. The maximum absolute atomic E-state index is 12.5. The van der Waals surface area contributed by atoms with E-state index in [2.05, 4.69) is 10.3 Å². The number of alkyl halides is 3. The highest BCUT2D eigenvalue weighted by Gasteiger charge is 2.38. The third kappa shape index (κ3) is 7.09. The van der Waals surface area contributed by atoms with Crippen LogP contribution >= 0.6 is 0 Å². The molecule has 3 rings (SSSR count). The Morgan fingerprint density at radius 1 is 1.09 bits per heavy atom. The highest BCUT2D eigenvalue weighted by Crippen LogP contribution is 2.35. The van der Waals surface area contributed by atoms with Crippen molar-refractivity contribution >= 4 is 22.8 Å². The van der Waals surface area contributed by atoms with Gasteiger partial charge in [-0.2, -0.15) is 13.2 Å².